The number of ether oxygens (including phenoxy) is 4. The van der Waals surface area contributed by atoms with Gasteiger partial charge in [-0.3, -0.25) is 0 Å². The van der Waals surface area contributed by atoms with Gasteiger partial charge in [-0.15, -0.1) is 0 Å². The summed E-state index contributed by atoms with van der Waals surface area (Å²) in [6.45, 7) is 34.4. The van der Waals surface area contributed by atoms with Crippen LogP contribution in [-0.4, -0.2) is 59.4 Å². The van der Waals surface area contributed by atoms with Gasteiger partial charge < -0.3 is 54.0 Å². The van der Waals surface area contributed by atoms with Gasteiger partial charge in [0.2, 0.25) is 0 Å². The van der Waals surface area contributed by atoms with Gasteiger partial charge in [-0.2, -0.15) is 0 Å². The smallest absolute Gasteiger partial charge is 0.489 e. The summed E-state index contributed by atoms with van der Waals surface area (Å²) in [5.41, 5.74) is 4.74. The Morgan fingerprint density at radius 1 is 0.373 bits per heavy atom. The molecule has 75 heavy (non-hydrogen) atoms. The molecule has 2 aliphatic heterocycles. The Morgan fingerprint density at radius 2 is 0.720 bits per heavy atom. The Bertz CT molecular complexity index is 3340. The molecule has 0 unspecified atom stereocenters. The van der Waals surface area contributed by atoms with Crippen LogP contribution in [0, 0.1) is 47.3 Å². The van der Waals surface area contributed by atoms with Crippen LogP contribution in [0.5, 0.6) is 23.0 Å². The van der Waals surface area contributed by atoms with Crippen LogP contribution >= 0.6 is 0 Å². The summed E-state index contributed by atoms with van der Waals surface area (Å²) in [5, 5.41) is 14.0. The van der Waals surface area contributed by atoms with Crippen LogP contribution in [-0.2, 0) is 23.7 Å². The van der Waals surface area contributed by atoms with Crippen LogP contribution in [0.4, 0.5) is 0 Å². The molecule has 5 heterocycles. The van der Waals surface area contributed by atoms with E-state index in [1.54, 1.807) is 0 Å². The fourth-order valence-electron chi connectivity index (χ4n) is 11.2. The van der Waals surface area contributed by atoms with E-state index >= 15 is 0 Å². The van der Waals surface area contributed by atoms with Crippen molar-refractivity contribution in [3.63, 3.8) is 0 Å². The van der Waals surface area contributed by atoms with E-state index in [1.165, 1.54) is 0 Å². The van der Waals surface area contributed by atoms with Crippen molar-refractivity contribution >= 4 is 44.1 Å². The molecule has 0 aliphatic carbocycles. The Hall–Kier alpha value is -6.08. The molecule has 13 nitrogen and oxygen atoms in total. The minimum Gasteiger partial charge on any atom is -0.489 e. The van der Waals surface area contributed by atoms with Gasteiger partial charge in [0.05, 0.1) is 41.0 Å². The molecule has 2 aliphatic rings. The van der Waals surface area contributed by atoms with Crippen LogP contribution in [0.2, 0.25) is 0 Å². The van der Waals surface area contributed by atoms with Crippen LogP contribution < -0.4 is 28.9 Å². The summed E-state index contributed by atoms with van der Waals surface area (Å²) in [7, 11) is 0. The first-order valence-corrected chi connectivity index (χ1v) is 26.8. The molecule has 0 amide bonds. The molecule has 14 heteroatoms. The summed E-state index contributed by atoms with van der Waals surface area (Å²) in [4.78, 5) is 42.7. The second kappa shape index (κ2) is 22.2. The van der Waals surface area contributed by atoms with Crippen molar-refractivity contribution in [1.82, 2.24) is 39.9 Å². The van der Waals surface area contributed by atoms with E-state index in [4.69, 9.17) is 58.8 Å². The maximum atomic E-state index is 11.2. The van der Waals surface area contributed by atoms with E-state index in [0.717, 1.165) is 16.3 Å². The number of aromatic nitrogens is 8. The number of fused-ring (bicyclic) bond motifs is 20. The Balaban J connectivity index is 0.00000747. The zero-order valence-corrected chi connectivity index (χ0v) is 47.4. The molecule has 0 saturated heterocycles. The molecule has 8 bridgehead atoms. The predicted octanol–water partition coefficient (Wildman–Crippen LogP) is 13.9. The van der Waals surface area contributed by atoms with Gasteiger partial charge >= 0.3 is 17.1 Å². The molecule has 0 fully saturated rings. The molecule has 0 spiro atoms. The molecule has 0 atom stereocenters. The summed E-state index contributed by atoms with van der Waals surface area (Å²) in [6.07, 6.45) is -0.476. The molecule has 3 aromatic heterocycles. The van der Waals surface area contributed by atoms with Gasteiger partial charge in [0.25, 0.3) is 0 Å². The molecule has 0 saturated carbocycles. The maximum absolute atomic E-state index is 11.2. The van der Waals surface area contributed by atoms with Crippen molar-refractivity contribution in [2.45, 2.75) is 142 Å². The van der Waals surface area contributed by atoms with Crippen molar-refractivity contribution < 1.29 is 41.1 Å². The predicted molar refractivity (Wildman–Crippen MR) is 296 cm³/mol. The van der Waals surface area contributed by atoms with Crippen LogP contribution in [0.15, 0.2) is 66.7 Å². The van der Waals surface area contributed by atoms with Crippen molar-refractivity contribution in [1.29, 1.82) is 0 Å². The normalized spacial score (nSPS) is 12.7. The summed E-state index contributed by atoms with van der Waals surface area (Å²) in [6, 6.07) is 21.6. The molecule has 9 rings (SSSR count). The summed E-state index contributed by atoms with van der Waals surface area (Å²) >= 11 is 0. The Labute approximate surface area is 453 Å². The van der Waals surface area contributed by atoms with E-state index in [9.17, 15) is 5.11 Å². The molecule has 1 N–H and O–H groups in total. The molecular formula is C61H74CuN8O5. The van der Waals surface area contributed by atoms with E-state index in [0.29, 0.717) is 102 Å². The zero-order valence-electron chi connectivity index (χ0n) is 46.4. The van der Waals surface area contributed by atoms with Gasteiger partial charge in [-0.1, -0.05) is 153 Å². The van der Waals surface area contributed by atoms with Crippen LogP contribution in [0.3, 0.4) is 0 Å². The first kappa shape index (κ1) is 55.2. The quantitative estimate of drug-likeness (QED) is 0.0858. The third kappa shape index (κ3) is 10.6. The van der Waals surface area contributed by atoms with Crippen LogP contribution in [0.1, 0.15) is 116 Å². The van der Waals surface area contributed by atoms with Gasteiger partial charge in [0.1, 0.15) is 47.4 Å². The maximum Gasteiger partial charge on any atom is 2.00 e. The van der Waals surface area contributed by atoms with Gasteiger partial charge in [-0.25, -0.2) is 9.97 Å². The van der Waals surface area contributed by atoms with E-state index in [2.05, 4.69) is 111 Å². The van der Waals surface area contributed by atoms with Crippen molar-refractivity contribution in [2.75, 3.05) is 0 Å². The van der Waals surface area contributed by atoms with Gasteiger partial charge in [-0.05, 0) is 87.9 Å². The molecule has 1 radical (unpaired) electrons. The third-order valence-corrected chi connectivity index (χ3v) is 14.3. The number of aliphatic hydroxyl groups excluding tert-OH is 1. The Morgan fingerprint density at radius 3 is 1.16 bits per heavy atom. The average Bonchev–Trinajstić information content (AvgIpc) is 4.09. The minimum atomic E-state index is -0.290. The molecule has 7 aromatic rings. The van der Waals surface area contributed by atoms with E-state index in [1.807, 2.05) is 66.7 Å². The average molecular weight is 1060 g/mol. The fourth-order valence-corrected chi connectivity index (χ4v) is 11.2. The SMILES string of the molecule is CC(C)C(Oc1cccc2c1-c1nc-2nc2[n-]c(nc3nc(nc4[n-]c(n1)c1cccc(OC(C(C)C)C(C)C)c41)-c1c(CO)ccc(OC(C(C)C)C(C)C)c1-3)c1cccc(OC(C(C)C)C(C)C)c21)C(C)C.[Cu+2]. The number of rotatable bonds is 17. The summed E-state index contributed by atoms with van der Waals surface area (Å²) in [5.74, 6) is 5.56. The number of hydrogen-bond donors (Lipinski definition) is 1. The monoisotopic (exact) mass is 1060 g/mol. The number of aliphatic hydroxyl groups is 1. The van der Waals surface area contributed by atoms with Crippen molar-refractivity contribution in [2.24, 2.45) is 47.3 Å². The molecular weight excluding hydrogens is 988 g/mol. The second-order valence-corrected chi connectivity index (χ2v) is 22.9. The van der Waals surface area contributed by atoms with Gasteiger partial charge in [0, 0.05) is 44.5 Å². The number of benzene rings is 4. The zero-order chi connectivity index (χ0) is 53.0. The fraction of sp³-hybridized carbons (Fsp3) is 0.475. The van der Waals surface area contributed by atoms with Crippen molar-refractivity contribution in [3.8, 4) is 68.5 Å². The van der Waals surface area contributed by atoms with Crippen LogP contribution in [0.25, 0.3) is 89.7 Å². The summed E-state index contributed by atoms with van der Waals surface area (Å²) < 4.78 is 28.0. The third-order valence-electron chi connectivity index (χ3n) is 14.3. The van der Waals surface area contributed by atoms with E-state index in [-0.39, 0.29) is 95.4 Å². The Kier molecular flexibility index (Phi) is 16.4. The number of nitrogens with zero attached hydrogens (tertiary/aromatic N) is 8. The molecule has 4 aromatic carbocycles. The first-order valence-electron chi connectivity index (χ1n) is 26.8. The van der Waals surface area contributed by atoms with Crippen molar-refractivity contribution in [3.05, 3.63) is 72.3 Å². The number of hydrogen-bond acceptors (Lipinski definition) is 11. The van der Waals surface area contributed by atoms with Gasteiger partial charge in [0.15, 0.2) is 0 Å². The largest absolute Gasteiger partial charge is 2.00 e. The topological polar surface area (TPSA) is 163 Å². The first-order chi connectivity index (χ1) is 35.3. The molecule has 399 valence electrons. The minimum absolute atomic E-state index is 0. The second-order valence-electron chi connectivity index (χ2n) is 22.9. The van der Waals surface area contributed by atoms with E-state index < -0.39 is 0 Å². The standard InChI is InChI=1S/C61H74N8O5.Cu/c1-29(2)50(30(3)4)71-41-23-17-20-38-46(41)58-62-54(38)63-59-47-39(21-18-24-42(47)72-51(31(5)6)32(7)8)56(65-59)67-61-49-44(74-53(35(13)14)36(15)16)27-26-37(28-70)45(49)57(69-61)68-60-48-40(55(64-58)66-60)22-19-25-43(48)73-52(33(9)10)34(11)12;/h17-27,29-36,50-53,70H,28H2,1-16H3;/q-2;+2.